The molecule has 1 aromatic rings. The summed E-state index contributed by atoms with van der Waals surface area (Å²) in [6.45, 7) is 3.05. The Morgan fingerprint density at radius 2 is 2.24 bits per heavy atom. The summed E-state index contributed by atoms with van der Waals surface area (Å²) in [6.07, 6.45) is 3.29. The lowest BCUT2D eigenvalue weighted by Crippen LogP contribution is -2.32. The maximum absolute atomic E-state index is 12.9. The van der Waals surface area contributed by atoms with E-state index < -0.39 is 5.82 Å². The number of carbonyl (C=O) groups excluding carboxylic acids is 1. The smallest absolute Gasteiger partial charge is 0.224 e. The van der Waals surface area contributed by atoms with Crippen LogP contribution in [0.4, 0.5) is 15.8 Å². The summed E-state index contributed by atoms with van der Waals surface area (Å²) < 4.78 is 12.9. The topological polar surface area (TPSA) is 58.4 Å². The van der Waals surface area contributed by atoms with Crippen LogP contribution >= 0.6 is 11.8 Å². The number of thioether (sulfide) groups is 1. The lowest BCUT2D eigenvalue weighted by atomic mass is 10.2. The van der Waals surface area contributed by atoms with Crippen molar-refractivity contribution in [1.82, 2.24) is 4.90 Å². The largest absolute Gasteiger partial charge is 0.397 e. The van der Waals surface area contributed by atoms with Gasteiger partial charge in [-0.1, -0.05) is 0 Å². The Hall–Kier alpha value is -1.27. The summed E-state index contributed by atoms with van der Waals surface area (Å²) in [4.78, 5) is 14.1. The number of nitrogens with one attached hydrogen (secondary N) is 1. The summed E-state index contributed by atoms with van der Waals surface area (Å²) >= 11 is 1.82. The van der Waals surface area contributed by atoms with E-state index >= 15 is 0 Å². The van der Waals surface area contributed by atoms with Crippen molar-refractivity contribution in [2.45, 2.75) is 25.8 Å². The number of rotatable bonds is 8. The van der Waals surface area contributed by atoms with Gasteiger partial charge in [-0.2, -0.15) is 11.8 Å². The molecule has 118 valence electrons. The van der Waals surface area contributed by atoms with Crippen LogP contribution in [0.2, 0.25) is 0 Å². The van der Waals surface area contributed by atoms with Crippen LogP contribution in [0.25, 0.3) is 0 Å². The van der Waals surface area contributed by atoms with Gasteiger partial charge in [0.05, 0.1) is 11.4 Å². The molecule has 21 heavy (non-hydrogen) atoms. The highest BCUT2D eigenvalue weighted by molar-refractivity contribution is 7.98. The molecule has 0 fully saturated rings. The van der Waals surface area contributed by atoms with Gasteiger partial charge in [-0.25, -0.2) is 4.39 Å². The van der Waals surface area contributed by atoms with Crippen molar-refractivity contribution < 1.29 is 9.18 Å². The van der Waals surface area contributed by atoms with Crippen molar-refractivity contribution in [2.24, 2.45) is 0 Å². The fraction of sp³-hybridized carbons (Fsp3) is 0.533. The Kier molecular flexibility index (Phi) is 7.53. The summed E-state index contributed by atoms with van der Waals surface area (Å²) in [5.41, 5.74) is 6.36. The van der Waals surface area contributed by atoms with E-state index in [1.54, 1.807) is 0 Å². The van der Waals surface area contributed by atoms with E-state index in [1.165, 1.54) is 18.2 Å². The van der Waals surface area contributed by atoms with Crippen molar-refractivity contribution in [2.75, 3.05) is 36.7 Å². The van der Waals surface area contributed by atoms with Crippen LogP contribution in [0, 0.1) is 5.82 Å². The van der Waals surface area contributed by atoms with Gasteiger partial charge in [0.25, 0.3) is 0 Å². The Morgan fingerprint density at radius 1 is 1.52 bits per heavy atom. The first kappa shape index (κ1) is 17.8. The molecule has 0 bridgehead atoms. The van der Waals surface area contributed by atoms with E-state index in [9.17, 15) is 9.18 Å². The number of nitrogen functional groups attached to an aromatic ring is 1. The first-order chi connectivity index (χ1) is 9.93. The predicted octanol–water partition coefficient (Wildman–Crippen LogP) is 2.81. The van der Waals surface area contributed by atoms with Gasteiger partial charge in [-0.3, -0.25) is 4.79 Å². The molecule has 1 amide bonds. The van der Waals surface area contributed by atoms with Crippen LogP contribution in [-0.2, 0) is 4.79 Å². The van der Waals surface area contributed by atoms with Crippen LogP contribution in [-0.4, -0.2) is 42.4 Å². The third-order valence-electron chi connectivity index (χ3n) is 3.36. The average Bonchev–Trinajstić information content (AvgIpc) is 2.42. The van der Waals surface area contributed by atoms with E-state index in [1.807, 2.05) is 11.8 Å². The lowest BCUT2D eigenvalue weighted by molar-refractivity contribution is -0.116. The second-order valence-corrected chi connectivity index (χ2v) is 6.08. The molecular weight excluding hydrogens is 289 g/mol. The highest BCUT2D eigenvalue weighted by Crippen LogP contribution is 2.19. The van der Waals surface area contributed by atoms with E-state index in [-0.39, 0.29) is 11.6 Å². The van der Waals surface area contributed by atoms with Crippen LogP contribution in [0.3, 0.4) is 0 Å². The molecular formula is C15H24FN3OS. The predicted molar refractivity (Wildman–Crippen MR) is 89.2 cm³/mol. The zero-order chi connectivity index (χ0) is 15.8. The fourth-order valence-electron chi connectivity index (χ4n) is 1.94. The minimum absolute atomic E-state index is 0.0979. The summed E-state index contributed by atoms with van der Waals surface area (Å²) in [6, 6.07) is 4.46. The minimum atomic E-state index is -0.407. The van der Waals surface area contributed by atoms with Crippen molar-refractivity contribution in [1.29, 1.82) is 0 Å². The maximum Gasteiger partial charge on any atom is 0.224 e. The molecule has 0 aromatic heterocycles. The van der Waals surface area contributed by atoms with Gasteiger partial charge in [0.15, 0.2) is 0 Å². The van der Waals surface area contributed by atoms with Crippen LogP contribution in [0.15, 0.2) is 18.2 Å². The summed E-state index contributed by atoms with van der Waals surface area (Å²) in [7, 11) is 2.07. The van der Waals surface area contributed by atoms with Gasteiger partial charge >= 0.3 is 0 Å². The molecule has 0 heterocycles. The van der Waals surface area contributed by atoms with Gasteiger partial charge in [-0.15, -0.1) is 0 Å². The second-order valence-electron chi connectivity index (χ2n) is 5.17. The number of benzene rings is 1. The van der Waals surface area contributed by atoms with Crippen molar-refractivity contribution in [3.8, 4) is 0 Å². The number of hydrogen-bond donors (Lipinski definition) is 2. The van der Waals surface area contributed by atoms with E-state index in [0.29, 0.717) is 18.2 Å². The third kappa shape index (κ3) is 6.35. The van der Waals surface area contributed by atoms with Gasteiger partial charge in [0.1, 0.15) is 5.82 Å². The molecule has 1 rings (SSSR count). The number of carbonyl (C=O) groups is 1. The summed E-state index contributed by atoms with van der Waals surface area (Å²) in [5.74, 6) is 0.573. The molecule has 0 radical (unpaired) electrons. The van der Waals surface area contributed by atoms with Crippen LogP contribution < -0.4 is 11.1 Å². The fourth-order valence-corrected chi connectivity index (χ4v) is 2.67. The first-order valence-corrected chi connectivity index (χ1v) is 8.37. The standard InChI is InChI=1S/C15H24FN3OS/c1-11(10-21-3)19(2)8-4-5-15(20)18-14-7-6-12(16)9-13(14)17/h6-7,9,11H,4-5,8,10,17H2,1-3H3,(H,18,20). The Balaban J connectivity index is 2.34. The molecule has 1 unspecified atom stereocenters. The zero-order valence-corrected chi connectivity index (χ0v) is 13.7. The second kappa shape index (κ2) is 8.89. The third-order valence-corrected chi connectivity index (χ3v) is 4.18. The number of hydrogen-bond acceptors (Lipinski definition) is 4. The Morgan fingerprint density at radius 3 is 2.86 bits per heavy atom. The molecule has 4 nitrogen and oxygen atoms in total. The highest BCUT2D eigenvalue weighted by Gasteiger charge is 2.10. The molecule has 0 saturated carbocycles. The molecule has 0 aliphatic carbocycles. The van der Waals surface area contributed by atoms with Crippen molar-refractivity contribution in [3.63, 3.8) is 0 Å². The SMILES string of the molecule is CSCC(C)N(C)CCCC(=O)Nc1ccc(F)cc1N. The van der Waals surface area contributed by atoms with Gasteiger partial charge in [-0.05, 0) is 51.4 Å². The van der Waals surface area contributed by atoms with Gasteiger partial charge in [0, 0.05) is 18.2 Å². The monoisotopic (exact) mass is 313 g/mol. The Bertz CT molecular complexity index is 470. The molecule has 0 saturated heterocycles. The molecule has 0 aliphatic heterocycles. The minimum Gasteiger partial charge on any atom is -0.397 e. The molecule has 0 spiro atoms. The number of amides is 1. The van der Waals surface area contributed by atoms with Gasteiger partial charge in [0.2, 0.25) is 5.91 Å². The average molecular weight is 313 g/mol. The van der Waals surface area contributed by atoms with Gasteiger partial charge < -0.3 is 16.0 Å². The maximum atomic E-state index is 12.9. The van der Waals surface area contributed by atoms with E-state index in [0.717, 1.165) is 18.7 Å². The lowest BCUT2D eigenvalue weighted by Gasteiger charge is -2.23. The van der Waals surface area contributed by atoms with Crippen LogP contribution in [0.1, 0.15) is 19.8 Å². The molecule has 3 N–H and O–H groups in total. The zero-order valence-electron chi connectivity index (χ0n) is 12.9. The normalized spacial score (nSPS) is 12.4. The molecule has 1 aromatic carbocycles. The first-order valence-electron chi connectivity index (χ1n) is 6.98. The van der Waals surface area contributed by atoms with Crippen molar-refractivity contribution >= 4 is 29.0 Å². The van der Waals surface area contributed by atoms with E-state index in [2.05, 4.69) is 30.4 Å². The number of halogens is 1. The molecule has 1 atom stereocenters. The molecule has 0 aliphatic rings. The summed E-state index contributed by atoms with van der Waals surface area (Å²) in [5, 5.41) is 2.71. The Labute approximate surface area is 130 Å². The number of anilines is 2. The number of nitrogens with zero attached hydrogens (tertiary/aromatic N) is 1. The quantitative estimate of drug-likeness (QED) is 0.725. The van der Waals surface area contributed by atoms with Crippen molar-refractivity contribution in [3.05, 3.63) is 24.0 Å². The van der Waals surface area contributed by atoms with Crippen LogP contribution in [0.5, 0.6) is 0 Å². The van der Waals surface area contributed by atoms with E-state index in [4.69, 9.17) is 5.73 Å². The number of nitrogens with two attached hydrogens (primary N) is 1. The molecule has 6 heteroatoms. The highest BCUT2D eigenvalue weighted by atomic mass is 32.2.